The zero-order chi connectivity index (χ0) is 26.2. The lowest BCUT2D eigenvalue weighted by Crippen LogP contribution is -2.41. The molecule has 1 saturated heterocycles. The summed E-state index contributed by atoms with van der Waals surface area (Å²) in [6.45, 7) is 2.86. The van der Waals surface area contributed by atoms with Crippen molar-refractivity contribution in [2.24, 2.45) is 11.8 Å². The second-order valence-electron chi connectivity index (χ2n) is 9.72. The van der Waals surface area contributed by atoms with Crippen molar-refractivity contribution in [1.82, 2.24) is 9.88 Å². The van der Waals surface area contributed by atoms with Crippen molar-refractivity contribution in [3.8, 4) is 5.75 Å². The molecule has 2 N–H and O–H groups in total. The molecule has 2 aromatic carbocycles. The molecule has 1 aromatic heterocycles. The highest BCUT2D eigenvalue weighted by Crippen LogP contribution is 2.35. The number of thioether (sulfide) groups is 1. The van der Waals surface area contributed by atoms with Crippen LogP contribution in [0, 0.1) is 11.8 Å². The Balaban J connectivity index is 1.35. The summed E-state index contributed by atoms with van der Waals surface area (Å²) in [4.78, 5) is 19.4. The summed E-state index contributed by atoms with van der Waals surface area (Å²) in [7, 11) is 1.63. The molecule has 1 fully saturated rings. The maximum atomic E-state index is 11.3. The second kappa shape index (κ2) is 13.5. The highest BCUT2D eigenvalue weighted by Gasteiger charge is 2.30. The number of hydrogen-bond acceptors (Lipinski definition) is 6. The average molecular weight is 543 g/mol. The number of benzene rings is 2. The molecule has 3 aromatic rings. The summed E-state index contributed by atoms with van der Waals surface area (Å²) in [6, 6.07) is 15.5. The molecule has 4 rings (SSSR count). The standard InChI is InChI=1S/C29H35ClN2O4S/c1-36-23-7-8-27-26(18-23)25(11-13-31-27)28(33)9-5-20-12-14-32(19-21(20)6-10-29(34)35)15-16-37-24-4-2-3-22(30)17-24/h2-4,7-8,11,13,17-18,20-21,28,33H,5-6,9-10,12,14-16,19H2,1H3,(H,34,35)/t20?,21?,28-/m0/s1. The Labute approximate surface area is 228 Å². The van der Waals surface area contributed by atoms with Gasteiger partial charge in [-0.05, 0) is 92.1 Å². The van der Waals surface area contributed by atoms with E-state index in [-0.39, 0.29) is 6.42 Å². The number of aromatic nitrogens is 1. The first-order valence-corrected chi connectivity index (χ1v) is 14.2. The number of rotatable bonds is 12. The molecule has 0 bridgehead atoms. The number of carboxylic acid groups (broad SMARTS) is 1. The Morgan fingerprint density at radius 2 is 2.08 bits per heavy atom. The molecular weight excluding hydrogens is 508 g/mol. The van der Waals surface area contributed by atoms with E-state index < -0.39 is 12.1 Å². The number of halogens is 1. The Bertz CT molecular complexity index is 1190. The van der Waals surface area contributed by atoms with Crippen LogP contribution >= 0.6 is 23.4 Å². The Hall–Kier alpha value is -2.32. The predicted molar refractivity (Wildman–Crippen MR) is 150 cm³/mol. The zero-order valence-corrected chi connectivity index (χ0v) is 22.8. The van der Waals surface area contributed by atoms with Gasteiger partial charge in [-0.3, -0.25) is 9.78 Å². The minimum atomic E-state index is -0.746. The number of nitrogens with zero attached hydrogens (tertiary/aromatic N) is 2. The van der Waals surface area contributed by atoms with Crippen molar-refractivity contribution in [2.45, 2.75) is 43.1 Å². The van der Waals surface area contributed by atoms with Gasteiger partial charge in [0.25, 0.3) is 0 Å². The van der Waals surface area contributed by atoms with E-state index in [9.17, 15) is 15.0 Å². The molecule has 0 spiro atoms. The van der Waals surface area contributed by atoms with Gasteiger partial charge in [-0.15, -0.1) is 11.8 Å². The summed E-state index contributed by atoms with van der Waals surface area (Å²) >= 11 is 7.90. The molecule has 0 amide bonds. The Kier molecular flexibility index (Phi) is 10.1. The third kappa shape index (κ3) is 7.84. The summed E-state index contributed by atoms with van der Waals surface area (Å²) < 4.78 is 5.37. The molecule has 3 atom stereocenters. The second-order valence-corrected chi connectivity index (χ2v) is 11.3. The van der Waals surface area contributed by atoms with Crippen molar-refractivity contribution in [1.29, 1.82) is 0 Å². The van der Waals surface area contributed by atoms with Crippen LogP contribution in [0.1, 0.15) is 43.8 Å². The first-order valence-electron chi connectivity index (χ1n) is 12.9. The summed E-state index contributed by atoms with van der Waals surface area (Å²) in [5.41, 5.74) is 1.70. The molecule has 0 saturated carbocycles. The van der Waals surface area contributed by atoms with E-state index in [1.165, 1.54) is 4.90 Å². The Morgan fingerprint density at radius 1 is 1.22 bits per heavy atom. The zero-order valence-electron chi connectivity index (χ0n) is 21.2. The van der Waals surface area contributed by atoms with E-state index in [1.807, 2.05) is 42.5 Å². The number of aliphatic hydroxyl groups excluding tert-OH is 1. The van der Waals surface area contributed by atoms with Crippen LogP contribution < -0.4 is 4.74 Å². The SMILES string of the molecule is COc1ccc2nccc([C@@H](O)CCC3CCN(CCSc4cccc(Cl)c4)CC3CCC(=O)O)c2c1. The predicted octanol–water partition coefficient (Wildman–Crippen LogP) is 6.31. The smallest absolute Gasteiger partial charge is 0.303 e. The number of fused-ring (bicyclic) bond motifs is 1. The number of methoxy groups -OCH3 is 1. The lowest BCUT2D eigenvalue weighted by atomic mass is 9.79. The van der Waals surface area contributed by atoms with Crippen LogP contribution in [-0.4, -0.2) is 58.6 Å². The van der Waals surface area contributed by atoms with Gasteiger partial charge >= 0.3 is 5.97 Å². The van der Waals surface area contributed by atoms with Crippen LogP contribution in [0.25, 0.3) is 10.9 Å². The van der Waals surface area contributed by atoms with Gasteiger partial charge in [-0.25, -0.2) is 0 Å². The highest BCUT2D eigenvalue weighted by molar-refractivity contribution is 7.99. The number of aliphatic carboxylic acids is 1. The topological polar surface area (TPSA) is 82.9 Å². The number of likely N-dealkylation sites (tertiary alicyclic amines) is 1. The van der Waals surface area contributed by atoms with Gasteiger partial charge in [0.15, 0.2) is 0 Å². The highest BCUT2D eigenvalue weighted by atomic mass is 35.5. The van der Waals surface area contributed by atoms with Gasteiger partial charge in [0.2, 0.25) is 0 Å². The van der Waals surface area contributed by atoms with E-state index >= 15 is 0 Å². The van der Waals surface area contributed by atoms with Gasteiger partial charge in [0.1, 0.15) is 5.75 Å². The van der Waals surface area contributed by atoms with Gasteiger partial charge in [-0.1, -0.05) is 17.7 Å². The minimum Gasteiger partial charge on any atom is -0.497 e. The quantitative estimate of drug-likeness (QED) is 0.260. The normalized spacial score (nSPS) is 19.1. The van der Waals surface area contributed by atoms with E-state index in [2.05, 4.69) is 16.0 Å². The number of carboxylic acids is 1. The van der Waals surface area contributed by atoms with Crippen LogP contribution in [0.4, 0.5) is 0 Å². The largest absolute Gasteiger partial charge is 0.497 e. The van der Waals surface area contributed by atoms with Crippen molar-refractivity contribution in [3.63, 3.8) is 0 Å². The lowest BCUT2D eigenvalue weighted by Gasteiger charge is -2.39. The van der Waals surface area contributed by atoms with E-state index in [0.29, 0.717) is 24.7 Å². The molecular formula is C29H35ClN2O4S. The van der Waals surface area contributed by atoms with Crippen LogP contribution in [0.3, 0.4) is 0 Å². The van der Waals surface area contributed by atoms with E-state index in [4.69, 9.17) is 16.3 Å². The van der Waals surface area contributed by atoms with Gasteiger partial charge in [0.05, 0.1) is 18.7 Å². The van der Waals surface area contributed by atoms with Crippen LogP contribution in [-0.2, 0) is 4.79 Å². The molecule has 2 unspecified atom stereocenters. The average Bonchev–Trinajstić information content (AvgIpc) is 2.90. The fourth-order valence-electron chi connectivity index (χ4n) is 5.32. The molecule has 8 heteroatoms. The molecule has 37 heavy (non-hydrogen) atoms. The third-order valence-corrected chi connectivity index (χ3v) is 8.54. The number of piperidine rings is 1. The van der Waals surface area contributed by atoms with Crippen molar-refractivity contribution >= 4 is 40.2 Å². The number of aliphatic hydroxyl groups is 1. The fourth-order valence-corrected chi connectivity index (χ4v) is 6.54. The minimum absolute atomic E-state index is 0.184. The molecule has 0 aliphatic carbocycles. The third-order valence-electron chi connectivity index (χ3n) is 7.33. The first kappa shape index (κ1) is 27.7. The summed E-state index contributed by atoms with van der Waals surface area (Å²) in [6.07, 6.45) is 4.50. The van der Waals surface area contributed by atoms with Gasteiger partial charge in [-0.2, -0.15) is 0 Å². The van der Waals surface area contributed by atoms with Crippen molar-refractivity contribution < 1.29 is 19.7 Å². The van der Waals surface area contributed by atoms with Gasteiger partial charge < -0.3 is 19.8 Å². The van der Waals surface area contributed by atoms with Crippen LogP contribution in [0.2, 0.25) is 5.02 Å². The Morgan fingerprint density at radius 3 is 2.86 bits per heavy atom. The molecule has 0 radical (unpaired) electrons. The van der Waals surface area contributed by atoms with E-state index in [1.54, 1.807) is 25.1 Å². The summed E-state index contributed by atoms with van der Waals surface area (Å²) in [5, 5.41) is 22.1. The monoisotopic (exact) mass is 542 g/mol. The molecule has 198 valence electrons. The maximum Gasteiger partial charge on any atom is 0.303 e. The van der Waals surface area contributed by atoms with Crippen molar-refractivity contribution in [3.05, 3.63) is 65.3 Å². The number of hydrogen-bond donors (Lipinski definition) is 2. The van der Waals surface area contributed by atoms with Crippen LogP contribution in [0.5, 0.6) is 5.75 Å². The molecule has 6 nitrogen and oxygen atoms in total. The molecule has 2 heterocycles. The number of pyridine rings is 1. The molecule has 1 aliphatic rings. The van der Waals surface area contributed by atoms with Gasteiger partial charge in [0, 0.05) is 46.8 Å². The van der Waals surface area contributed by atoms with E-state index in [0.717, 1.165) is 65.5 Å². The number of ether oxygens (including phenoxy) is 1. The number of carbonyl (C=O) groups is 1. The lowest BCUT2D eigenvalue weighted by molar-refractivity contribution is -0.137. The summed E-state index contributed by atoms with van der Waals surface area (Å²) in [5.74, 6) is 1.66. The molecule has 1 aliphatic heterocycles. The van der Waals surface area contributed by atoms with Crippen molar-refractivity contribution in [2.75, 3.05) is 32.5 Å². The maximum absolute atomic E-state index is 11.3. The first-order chi connectivity index (χ1) is 17.9. The van der Waals surface area contributed by atoms with Crippen LogP contribution in [0.15, 0.2) is 59.6 Å². The fraction of sp³-hybridized carbons (Fsp3) is 0.448.